The molecule has 0 atom stereocenters. The number of aliphatic hydroxyl groups is 1. The van der Waals surface area contributed by atoms with Crippen LogP contribution in [0.15, 0.2) is 0 Å². The van der Waals surface area contributed by atoms with E-state index in [9.17, 15) is 5.11 Å². The zero-order valence-corrected chi connectivity index (χ0v) is 11.9. The van der Waals surface area contributed by atoms with E-state index in [1.54, 1.807) is 0 Å². The Labute approximate surface area is 101 Å². The maximum absolute atomic E-state index is 11.0. The van der Waals surface area contributed by atoms with Gasteiger partial charge in [0, 0.05) is 12.0 Å². The van der Waals surface area contributed by atoms with Gasteiger partial charge < -0.3 is 10.8 Å². The molecule has 0 aromatic heterocycles. The Kier molecular flexibility index (Phi) is 3.24. The number of hydrogen-bond acceptors (Lipinski definition) is 2. The summed E-state index contributed by atoms with van der Waals surface area (Å²) in [6.07, 6.45) is 2.88. The number of hydrogen-bond donors (Lipinski definition) is 2. The highest BCUT2D eigenvalue weighted by molar-refractivity contribution is 5.04. The van der Waals surface area contributed by atoms with E-state index in [1.165, 1.54) is 6.42 Å². The molecule has 0 aliphatic heterocycles. The lowest BCUT2D eigenvalue weighted by Gasteiger charge is -2.55. The van der Waals surface area contributed by atoms with Gasteiger partial charge in [0.2, 0.25) is 0 Å². The lowest BCUT2D eigenvalue weighted by Crippen LogP contribution is -2.56. The third kappa shape index (κ3) is 2.60. The largest absolute Gasteiger partial charge is 0.389 e. The molecule has 1 saturated carbocycles. The van der Waals surface area contributed by atoms with Crippen molar-refractivity contribution in [1.82, 2.24) is 0 Å². The van der Waals surface area contributed by atoms with Gasteiger partial charge in [0.25, 0.3) is 0 Å². The van der Waals surface area contributed by atoms with Crippen molar-refractivity contribution in [2.45, 2.75) is 66.4 Å². The maximum atomic E-state index is 11.0. The van der Waals surface area contributed by atoms with Crippen LogP contribution in [0.1, 0.15) is 60.8 Å². The number of rotatable bonds is 2. The van der Waals surface area contributed by atoms with Crippen LogP contribution in [0, 0.1) is 16.2 Å². The topological polar surface area (TPSA) is 46.2 Å². The van der Waals surface area contributed by atoms with Gasteiger partial charge >= 0.3 is 0 Å². The second kappa shape index (κ2) is 3.71. The highest BCUT2D eigenvalue weighted by Crippen LogP contribution is 2.55. The summed E-state index contributed by atoms with van der Waals surface area (Å²) in [5, 5.41) is 11.0. The fourth-order valence-corrected chi connectivity index (χ4v) is 3.73. The normalized spacial score (nSPS) is 27.8. The fraction of sp³-hybridized carbons (Fsp3) is 1.00. The first-order valence-electron chi connectivity index (χ1n) is 6.36. The van der Waals surface area contributed by atoms with E-state index < -0.39 is 5.60 Å². The van der Waals surface area contributed by atoms with Crippen molar-refractivity contribution in [1.29, 1.82) is 0 Å². The molecule has 3 N–H and O–H groups in total. The summed E-state index contributed by atoms with van der Waals surface area (Å²) in [4.78, 5) is 0. The molecule has 2 nitrogen and oxygen atoms in total. The molecule has 96 valence electrons. The molecule has 0 heterocycles. The van der Waals surface area contributed by atoms with Crippen LogP contribution in [-0.2, 0) is 0 Å². The fourth-order valence-electron chi connectivity index (χ4n) is 3.73. The first-order valence-corrected chi connectivity index (χ1v) is 6.36. The molecular formula is C14H29NO. The third-order valence-electron chi connectivity index (χ3n) is 4.27. The van der Waals surface area contributed by atoms with Gasteiger partial charge in [-0.15, -0.1) is 0 Å². The highest BCUT2D eigenvalue weighted by atomic mass is 16.3. The Balaban J connectivity index is 3.05. The van der Waals surface area contributed by atoms with Gasteiger partial charge in [-0.25, -0.2) is 0 Å². The predicted molar refractivity (Wildman–Crippen MR) is 69.2 cm³/mol. The minimum Gasteiger partial charge on any atom is -0.389 e. The van der Waals surface area contributed by atoms with Crippen molar-refractivity contribution < 1.29 is 5.11 Å². The van der Waals surface area contributed by atoms with Crippen LogP contribution < -0.4 is 5.73 Å². The predicted octanol–water partition coefficient (Wildman–Crippen LogP) is 2.94. The molecule has 1 fully saturated rings. The molecule has 2 heteroatoms. The van der Waals surface area contributed by atoms with Crippen molar-refractivity contribution in [3.63, 3.8) is 0 Å². The Morgan fingerprint density at radius 1 is 1.00 bits per heavy atom. The lowest BCUT2D eigenvalue weighted by molar-refractivity contribution is -0.150. The average molecular weight is 227 g/mol. The summed E-state index contributed by atoms with van der Waals surface area (Å²) >= 11 is 0. The van der Waals surface area contributed by atoms with E-state index in [1.807, 2.05) is 0 Å². The van der Waals surface area contributed by atoms with Crippen LogP contribution >= 0.6 is 0 Å². The van der Waals surface area contributed by atoms with Crippen LogP contribution in [0.5, 0.6) is 0 Å². The van der Waals surface area contributed by atoms with E-state index in [0.29, 0.717) is 6.54 Å². The summed E-state index contributed by atoms with van der Waals surface area (Å²) < 4.78 is 0. The monoisotopic (exact) mass is 227 g/mol. The van der Waals surface area contributed by atoms with Crippen molar-refractivity contribution in [2.24, 2.45) is 22.0 Å². The summed E-state index contributed by atoms with van der Waals surface area (Å²) in [6, 6.07) is 0. The highest BCUT2D eigenvalue weighted by Gasteiger charge is 2.52. The summed E-state index contributed by atoms with van der Waals surface area (Å²) in [5.41, 5.74) is 5.40. The van der Waals surface area contributed by atoms with Crippen LogP contribution in [0.2, 0.25) is 0 Å². The Morgan fingerprint density at radius 3 is 1.69 bits per heavy atom. The molecule has 1 aliphatic rings. The standard InChI is InChI=1S/C14H29NO/c1-11(2)7-12(3,4)9-14(16,8-11)13(5,6)10-15/h16H,7-10,15H2,1-6H3. The van der Waals surface area contributed by atoms with E-state index in [2.05, 4.69) is 41.5 Å². The summed E-state index contributed by atoms with van der Waals surface area (Å²) in [5.74, 6) is 0. The molecule has 0 radical (unpaired) electrons. The van der Waals surface area contributed by atoms with Crippen molar-refractivity contribution in [3.05, 3.63) is 0 Å². The summed E-state index contributed by atoms with van der Waals surface area (Å²) in [6.45, 7) is 13.7. The smallest absolute Gasteiger partial charge is 0.0720 e. The van der Waals surface area contributed by atoms with Gasteiger partial charge in [0.05, 0.1) is 5.60 Å². The first-order chi connectivity index (χ1) is 6.93. The average Bonchev–Trinajstić information content (AvgIpc) is 1.96. The van der Waals surface area contributed by atoms with Crippen LogP contribution in [0.4, 0.5) is 0 Å². The van der Waals surface area contributed by atoms with Crippen molar-refractivity contribution >= 4 is 0 Å². The molecule has 0 unspecified atom stereocenters. The van der Waals surface area contributed by atoms with Crippen molar-refractivity contribution in [3.8, 4) is 0 Å². The van der Waals surface area contributed by atoms with Gasteiger partial charge in [0.1, 0.15) is 0 Å². The second-order valence-electron chi connectivity index (χ2n) is 7.98. The zero-order chi connectivity index (χ0) is 12.8. The Hall–Kier alpha value is -0.0800. The molecule has 0 aromatic carbocycles. The SMILES string of the molecule is CC1(C)CC(C)(C)CC(O)(C(C)(C)CN)C1. The van der Waals surface area contributed by atoms with Crippen LogP contribution in [0.25, 0.3) is 0 Å². The zero-order valence-electron chi connectivity index (χ0n) is 11.9. The minimum absolute atomic E-state index is 0.197. The van der Waals surface area contributed by atoms with E-state index >= 15 is 0 Å². The molecule has 0 spiro atoms. The molecule has 0 amide bonds. The molecule has 16 heavy (non-hydrogen) atoms. The van der Waals surface area contributed by atoms with Crippen molar-refractivity contribution in [2.75, 3.05) is 6.54 Å². The molecular weight excluding hydrogens is 198 g/mol. The molecule has 0 bridgehead atoms. The number of nitrogens with two attached hydrogens (primary N) is 1. The van der Waals surface area contributed by atoms with Crippen LogP contribution in [-0.4, -0.2) is 17.3 Å². The van der Waals surface area contributed by atoms with E-state index in [4.69, 9.17) is 5.73 Å². The molecule has 1 aliphatic carbocycles. The maximum Gasteiger partial charge on any atom is 0.0720 e. The van der Waals surface area contributed by atoms with E-state index in [0.717, 1.165) is 12.8 Å². The van der Waals surface area contributed by atoms with Gasteiger partial charge in [-0.1, -0.05) is 41.5 Å². The molecule has 1 rings (SSSR count). The van der Waals surface area contributed by atoms with Crippen LogP contribution in [0.3, 0.4) is 0 Å². The Bertz CT molecular complexity index is 250. The minimum atomic E-state index is -0.632. The third-order valence-corrected chi connectivity index (χ3v) is 4.27. The van der Waals surface area contributed by atoms with Gasteiger partial charge in [-0.3, -0.25) is 0 Å². The second-order valence-corrected chi connectivity index (χ2v) is 7.98. The molecule has 0 saturated heterocycles. The van der Waals surface area contributed by atoms with Gasteiger partial charge in [-0.05, 0) is 30.1 Å². The van der Waals surface area contributed by atoms with E-state index in [-0.39, 0.29) is 16.2 Å². The summed E-state index contributed by atoms with van der Waals surface area (Å²) in [7, 11) is 0. The van der Waals surface area contributed by atoms with Gasteiger partial charge in [-0.2, -0.15) is 0 Å². The molecule has 0 aromatic rings. The lowest BCUT2D eigenvalue weighted by atomic mass is 9.53. The first kappa shape index (κ1) is 14.0. The Morgan fingerprint density at radius 2 is 1.38 bits per heavy atom. The van der Waals surface area contributed by atoms with Gasteiger partial charge in [0.15, 0.2) is 0 Å². The quantitative estimate of drug-likeness (QED) is 0.762.